The summed E-state index contributed by atoms with van der Waals surface area (Å²) < 4.78 is 0. The Morgan fingerprint density at radius 1 is 1.00 bits per heavy atom. The van der Waals surface area contributed by atoms with Gasteiger partial charge in [0.05, 0.1) is 0 Å². The summed E-state index contributed by atoms with van der Waals surface area (Å²) in [4.78, 5) is 12.3. The van der Waals surface area contributed by atoms with Crippen LogP contribution in [0, 0.1) is 20.8 Å². The van der Waals surface area contributed by atoms with Crippen LogP contribution in [0.3, 0.4) is 0 Å². The van der Waals surface area contributed by atoms with Gasteiger partial charge in [-0.25, -0.2) is 0 Å². The smallest absolute Gasteiger partial charge is 0.167 e. The van der Waals surface area contributed by atoms with Crippen molar-refractivity contribution in [2.24, 2.45) is 0 Å². The average Bonchev–Trinajstić information content (AvgIpc) is 2.37. The van der Waals surface area contributed by atoms with Crippen molar-refractivity contribution >= 4 is 17.4 Å². The molecule has 2 aromatic rings. The first kappa shape index (κ1) is 13.8. The second-order valence-electron chi connectivity index (χ2n) is 4.93. The summed E-state index contributed by atoms with van der Waals surface area (Å²) in [6.45, 7) is 6.00. The topological polar surface area (TPSA) is 17.1 Å². The second kappa shape index (κ2) is 5.58. The molecule has 0 bridgehead atoms. The molecular weight excluding hydrogens is 256 g/mol. The number of carbonyl (C=O) groups excluding carboxylic acids is 1. The number of benzene rings is 2. The third-order valence-corrected chi connectivity index (χ3v) is 3.89. The first-order valence-electron chi connectivity index (χ1n) is 6.33. The van der Waals surface area contributed by atoms with E-state index >= 15 is 0 Å². The molecule has 98 valence electrons. The van der Waals surface area contributed by atoms with Crippen LogP contribution in [0.15, 0.2) is 36.4 Å². The van der Waals surface area contributed by atoms with Crippen LogP contribution in [0.2, 0.25) is 5.02 Å². The van der Waals surface area contributed by atoms with Crippen LogP contribution in [0.25, 0.3) is 0 Å². The molecule has 0 radical (unpaired) electrons. The van der Waals surface area contributed by atoms with Crippen molar-refractivity contribution in [1.82, 2.24) is 0 Å². The van der Waals surface area contributed by atoms with Crippen molar-refractivity contribution in [3.8, 4) is 0 Å². The highest BCUT2D eigenvalue weighted by Crippen LogP contribution is 2.20. The molecule has 0 atom stereocenters. The van der Waals surface area contributed by atoms with Gasteiger partial charge in [-0.05, 0) is 61.2 Å². The van der Waals surface area contributed by atoms with E-state index < -0.39 is 0 Å². The van der Waals surface area contributed by atoms with E-state index in [1.165, 1.54) is 11.1 Å². The third-order valence-electron chi connectivity index (χ3n) is 3.46. The Labute approximate surface area is 119 Å². The zero-order valence-corrected chi connectivity index (χ0v) is 12.2. The van der Waals surface area contributed by atoms with Gasteiger partial charge in [0.2, 0.25) is 0 Å². The summed E-state index contributed by atoms with van der Waals surface area (Å²) in [7, 11) is 0. The lowest BCUT2D eigenvalue weighted by molar-refractivity contribution is 0.0992. The summed E-state index contributed by atoms with van der Waals surface area (Å²) in [5.41, 5.74) is 5.12. The van der Waals surface area contributed by atoms with Crippen molar-refractivity contribution in [2.75, 3.05) is 0 Å². The average molecular weight is 273 g/mol. The van der Waals surface area contributed by atoms with E-state index in [0.29, 0.717) is 11.4 Å². The third kappa shape index (κ3) is 3.05. The fourth-order valence-corrected chi connectivity index (χ4v) is 2.33. The van der Waals surface area contributed by atoms with Gasteiger partial charge in [0.15, 0.2) is 5.78 Å². The SMILES string of the molecule is Cc1cc(C(=O)Cc2c(C)cccc2C)ccc1Cl. The zero-order valence-electron chi connectivity index (χ0n) is 11.5. The van der Waals surface area contributed by atoms with E-state index in [-0.39, 0.29) is 5.78 Å². The number of ketones is 1. The van der Waals surface area contributed by atoms with E-state index in [0.717, 1.165) is 16.7 Å². The van der Waals surface area contributed by atoms with Crippen LogP contribution in [-0.2, 0) is 6.42 Å². The predicted molar refractivity (Wildman–Crippen MR) is 80.1 cm³/mol. The van der Waals surface area contributed by atoms with Gasteiger partial charge in [-0.15, -0.1) is 0 Å². The van der Waals surface area contributed by atoms with Crippen molar-refractivity contribution in [3.05, 3.63) is 69.2 Å². The number of rotatable bonds is 3. The fraction of sp³-hybridized carbons (Fsp3) is 0.235. The molecule has 0 fully saturated rings. The van der Waals surface area contributed by atoms with E-state index in [1.54, 1.807) is 12.1 Å². The van der Waals surface area contributed by atoms with E-state index in [1.807, 2.05) is 45.0 Å². The molecule has 0 aliphatic heterocycles. The minimum absolute atomic E-state index is 0.136. The van der Waals surface area contributed by atoms with E-state index in [9.17, 15) is 4.79 Å². The number of Topliss-reactive ketones (excluding diaryl/α,β-unsaturated/α-hetero) is 1. The molecule has 0 heterocycles. The number of halogens is 1. The van der Waals surface area contributed by atoms with Crippen LogP contribution in [0.1, 0.15) is 32.6 Å². The van der Waals surface area contributed by atoms with Crippen LogP contribution >= 0.6 is 11.6 Å². The summed E-state index contributed by atoms with van der Waals surface area (Å²) in [6, 6.07) is 11.6. The van der Waals surface area contributed by atoms with Crippen molar-refractivity contribution in [1.29, 1.82) is 0 Å². The van der Waals surface area contributed by atoms with Crippen LogP contribution in [0.4, 0.5) is 0 Å². The van der Waals surface area contributed by atoms with E-state index in [4.69, 9.17) is 11.6 Å². The maximum atomic E-state index is 12.3. The molecule has 19 heavy (non-hydrogen) atoms. The van der Waals surface area contributed by atoms with E-state index in [2.05, 4.69) is 0 Å². The highest BCUT2D eigenvalue weighted by Gasteiger charge is 2.11. The maximum Gasteiger partial charge on any atom is 0.167 e. The fourth-order valence-electron chi connectivity index (χ4n) is 2.21. The summed E-state index contributed by atoms with van der Waals surface area (Å²) in [5.74, 6) is 0.136. The Morgan fingerprint density at radius 3 is 2.21 bits per heavy atom. The first-order chi connectivity index (χ1) is 8.99. The quantitative estimate of drug-likeness (QED) is 0.741. The van der Waals surface area contributed by atoms with Gasteiger partial charge >= 0.3 is 0 Å². The van der Waals surface area contributed by atoms with Gasteiger partial charge in [0.25, 0.3) is 0 Å². The predicted octanol–water partition coefficient (Wildman–Crippen LogP) is 4.69. The minimum atomic E-state index is 0.136. The number of aryl methyl sites for hydroxylation is 3. The molecule has 0 aliphatic carbocycles. The summed E-state index contributed by atoms with van der Waals surface area (Å²) in [6.07, 6.45) is 0.444. The Kier molecular flexibility index (Phi) is 4.06. The van der Waals surface area contributed by atoms with Gasteiger partial charge < -0.3 is 0 Å². The molecule has 0 amide bonds. The molecule has 0 unspecified atom stereocenters. The largest absolute Gasteiger partial charge is 0.294 e. The second-order valence-corrected chi connectivity index (χ2v) is 5.34. The zero-order chi connectivity index (χ0) is 14.0. The van der Waals surface area contributed by atoms with Gasteiger partial charge in [0.1, 0.15) is 0 Å². The highest BCUT2D eigenvalue weighted by atomic mass is 35.5. The standard InChI is InChI=1S/C17H17ClO/c1-11-5-4-6-12(2)15(11)10-17(19)14-7-8-16(18)13(3)9-14/h4-9H,10H2,1-3H3. The molecule has 0 saturated heterocycles. The minimum Gasteiger partial charge on any atom is -0.294 e. The Bertz CT molecular complexity index is 609. The van der Waals surface area contributed by atoms with Gasteiger partial charge in [-0.1, -0.05) is 29.8 Å². The molecule has 2 aromatic carbocycles. The lowest BCUT2D eigenvalue weighted by atomic mass is 9.95. The van der Waals surface area contributed by atoms with Gasteiger partial charge in [-0.2, -0.15) is 0 Å². The monoisotopic (exact) mass is 272 g/mol. The number of carbonyl (C=O) groups is 1. The Hall–Kier alpha value is -1.60. The van der Waals surface area contributed by atoms with Crippen molar-refractivity contribution in [2.45, 2.75) is 27.2 Å². The Morgan fingerprint density at radius 2 is 1.63 bits per heavy atom. The van der Waals surface area contributed by atoms with Gasteiger partial charge in [0, 0.05) is 17.0 Å². The molecule has 0 spiro atoms. The molecule has 1 nitrogen and oxygen atoms in total. The number of hydrogen-bond donors (Lipinski definition) is 0. The van der Waals surface area contributed by atoms with Gasteiger partial charge in [-0.3, -0.25) is 4.79 Å². The molecule has 2 heteroatoms. The summed E-state index contributed by atoms with van der Waals surface area (Å²) in [5, 5.41) is 0.698. The van der Waals surface area contributed by atoms with Crippen LogP contribution in [0.5, 0.6) is 0 Å². The van der Waals surface area contributed by atoms with Crippen LogP contribution < -0.4 is 0 Å². The molecule has 2 rings (SSSR count). The maximum absolute atomic E-state index is 12.3. The molecular formula is C17H17ClO. The van der Waals surface area contributed by atoms with Crippen molar-refractivity contribution in [3.63, 3.8) is 0 Å². The molecule has 0 aliphatic rings. The lowest BCUT2D eigenvalue weighted by Gasteiger charge is -2.09. The number of hydrogen-bond acceptors (Lipinski definition) is 1. The van der Waals surface area contributed by atoms with Crippen LogP contribution in [-0.4, -0.2) is 5.78 Å². The first-order valence-corrected chi connectivity index (χ1v) is 6.71. The normalized spacial score (nSPS) is 10.5. The molecule has 0 saturated carbocycles. The van der Waals surface area contributed by atoms with Crippen molar-refractivity contribution < 1.29 is 4.79 Å². The Balaban J connectivity index is 2.28. The molecule has 0 N–H and O–H groups in total. The molecule has 0 aromatic heterocycles. The lowest BCUT2D eigenvalue weighted by Crippen LogP contribution is -2.06. The summed E-state index contributed by atoms with van der Waals surface area (Å²) >= 11 is 5.98. The highest BCUT2D eigenvalue weighted by molar-refractivity contribution is 6.31.